The highest BCUT2D eigenvalue weighted by Gasteiger charge is 2.15. The number of pyridine rings is 1. The maximum absolute atomic E-state index is 12.3. The fourth-order valence-electron chi connectivity index (χ4n) is 2.69. The van der Waals surface area contributed by atoms with Crippen molar-refractivity contribution in [1.82, 2.24) is 4.98 Å². The number of hydrogen-bond acceptors (Lipinski definition) is 3. The molecule has 1 aliphatic rings. The highest BCUT2D eigenvalue weighted by atomic mass is 79.9. The molecule has 0 spiro atoms. The molecule has 1 heterocycles. The van der Waals surface area contributed by atoms with E-state index in [1.807, 2.05) is 30.3 Å². The number of amides is 1. The van der Waals surface area contributed by atoms with Crippen LogP contribution < -0.4 is 10.6 Å². The van der Waals surface area contributed by atoms with E-state index in [-0.39, 0.29) is 5.91 Å². The molecule has 1 fully saturated rings. The Labute approximate surface area is 138 Å². The number of halogens is 1. The van der Waals surface area contributed by atoms with Crippen molar-refractivity contribution in [3.8, 4) is 0 Å². The third-order valence-corrected chi connectivity index (χ3v) is 4.36. The Morgan fingerprint density at radius 1 is 1.09 bits per heavy atom. The minimum atomic E-state index is -0.148. The van der Waals surface area contributed by atoms with Crippen LogP contribution in [0.5, 0.6) is 0 Å². The first-order valence-electron chi connectivity index (χ1n) is 7.49. The van der Waals surface area contributed by atoms with Crippen LogP contribution in [0.1, 0.15) is 36.0 Å². The van der Waals surface area contributed by atoms with Crippen molar-refractivity contribution in [3.05, 3.63) is 52.8 Å². The number of aromatic nitrogens is 1. The van der Waals surface area contributed by atoms with Gasteiger partial charge in [-0.1, -0.05) is 28.8 Å². The number of benzene rings is 1. The molecule has 0 saturated heterocycles. The lowest BCUT2D eigenvalue weighted by Gasteiger charge is -2.13. The Bertz CT molecular complexity index is 651. The first-order chi connectivity index (χ1) is 10.7. The summed E-state index contributed by atoms with van der Waals surface area (Å²) in [5.74, 6) is -0.148. The molecule has 2 aromatic rings. The van der Waals surface area contributed by atoms with Crippen molar-refractivity contribution in [2.45, 2.75) is 31.7 Å². The molecule has 0 aliphatic heterocycles. The first-order valence-corrected chi connectivity index (χ1v) is 8.28. The van der Waals surface area contributed by atoms with Gasteiger partial charge in [0.15, 0.2) is 0 Å². The van der Waals surface area contributed by atoms with E-state index in [2.05, 4.69) is 31.5 Å². The molecule has 0 unspecified atom stereocenters. The van der Waals surface area contributed by atoms with Crippen LogP contribution in [0.25, 0.3) is 0 Å². The highest BCUT2D eigenvalue weighted by molar-refractivity contribution is 9.10. The van der Waals surface area contributed by atoms with Gasteiger partial charge < -0.3 is 10.6 Å². The molecule has 1 amide bonds. The first kappa shape index (κ1) is 15.0. The van der Waals surface area contributed by atoms with Crippen LogP contribution in [0.2, 0.25) is 0 Å². The SMILES string of the molecule is O=C(Nc1ccc(Br)cc1)c1cncc(NC2CCCC2)c1. The number of carbonyl (C=O) groups is 1. The van der Waals surface area contributed by atoms with Gasteiger partial charge in [-0.05, 0) is 43.2 Å². The van der Waals surface area contributed by atoms with Crippen molar-refractivity contribution in [2.75, 3.05) is 10.6 Å². The average molecular weight is 360 g/mol. The van der Waals surface area contributed by atoms with Crippen LogP contribution >= 0.6 is 15.9 Å². The Kier molecular flexibility index (Phi) is 4.73. The van der Waals surface area contributed by atoms with E-state index in [1.165, 1.54) is 25.7 Å². The normalized spacial score (nSPS) is 14.8. The summed E-state index contributed by atoms with van der Waals surface area (Å²) in [6, 6.07) is 9.87. The summed E-state index contributed by atoms with van der Waals surface area (Å²) in [6.45, 7) is 0. The molecular weight excluding hydrogens is 342 g/mol. The zero-order valence-electron chi connectivity index (χ0n) is 12.2. The van der Waals surface area contributed by atoms with Gasteiger partial charge in [0.25, 0.3) is 5.91 Å². The lowest BCUT2D eigenvalue weighted by Crippen LogP contribution is -2.16. The van der Waals surface area contributed by atoms with Crippen molar-refractivity contribution < 1.29 is 4.79 Å². The van der Waals surface area contributed by atoms with Crippen LogP contribution in [0, 0.1) is 0 Å². The number of anilines is 2. The van der Waals surface area contributed by atoms with Crippen molar-refractivity contribution >= 4 is 33.2 Å². The topological polar surface area (TPSA) is 54.0 Å². The van der Waals surface area contributed by atoms with E-state index in [0.29, 0.717) is 11.6 Å². The zero-order chi connectivity index (χ0) is 15.4. The minimum Gasteiger partial charge on any atom is -0.381 e. The lowest BCUT2D eigenvalue weighted by molar-refractivity contribution is 0.102. The van der Waals surface area contributed by atoms with Crippen molar-refractivity contribution in [2.24, 2.45) is 0 Å². The molecule has 1 aliphatic carbocycles. The van der Waals surface area contributed by atoms with Gasteiger partial charge in [-0.3, -0.25) is 9.78 Å². The van der Waals surface area contributed by atoms with Gasteiger partial charge in [-0.25, -0.2) is 0 Å². The van der Waals surface area contributed by atoms with Gasteiger partial charge in [-0.15, -0.1) is 0 Å². The van der Waals surface area contributed by atoms with Crippen molar-refractivity contribution in [3.63, 3.8) is 0 Å². The summed E-state index contributed by atoms with van der Waals surface area (Å²) in [5.41, 5.74) is 2.24. The predicted octanol–water partition coefficient (Wildman–Crippen LogP) is 4.45. The molecule has 0 atom stereocenters. The second kappa shape index (κ2) is 6.92. The van der Waals surface area contributed by atoms with Gasteiger partial charge in [-0.2, -0.15) is 0 Å². The number of nitrogens with zero attached hydrogens (tertiary/aromatic N) is 1. The largest absolute Gasteiger partial charge is 0.381 e. The van der Waals surface area contributed by atoms with E-state index in [4.69, 9.17) is 0 Å². The van der Waals surface area contributed by atoms with E-state index in [0.717, 1.165) is 15.8 Å². The average Bonchev–Trinajstić information content (AvgIpc) is 3.03. The summed E-state index contributed by atoms with van der Waals surface area (Å²) in [6.07, 6.45) is 8.29. The Morgan fingerprint density at radius 3 is 2.55 bits per heavy atom. The molecule has 0 radical (unpaired) electrons. The maximum Gasteiger partial charge on any atom is 0.257 e. The zero-order valence-corrected chi connectivity index (χ0v) is 13.8. The molecule has 4 nitrogen and oxygen atoms in total. The van der Waals surface area contributed by atoms with Gasteiger partial charge in [0.05, 0.1) is 11.3 Å². The predicted molar refractivity (Wildman–Crippen MR) is 92.2 cm³/mol. The standard InChI is InChI=1S/C17H18BrN3O/c18-13-5-7-15(8-6-13)21-17(22)12-9-16(11-19-10-12)20-14-3-1-2-4-14/h5-11,14,20H,1-4H2,(H,21,22). The summed E-state index contributed by atoms with van der Waals surface area (Å²) in [7, 11) is 0. The van der Waals surface area contributed by atoms with Gasteiger partial charge >= 0.3 is 0 Å². The summed E-state index contributed by atoms with van der Waals surface area (Å²) < 4.78 is 0.981. The molecule has 22 heavy (non-hydrogen) atoms. The van der Waals surface area contributed by atoms with Gasteiger partial charge in [0, 0.05) is 28.6 Å². The monoisotopic (exact) mass is 359 g/mol. The Morgan fingerprint density at radius 2 is 1.82 bits per heavy atom. The molecule has 3 rings (SSSR count). The van der Waals surface area contributed by atoms with E-state index in [9.17, 15) is 4.79 Å². The Balaban J connectivity index is 1.67. The number of rotatable bonds is 4. The quantitative estimate of drug-likeness (QED) is 0.847. The lowest BCUT2D eigenvalue weighted by atomic mass is 10.2. The third kappa shape index (κ3) is 3.85. The molecule has 1 saturated carbocycles. The van der Waals surface area contributed by atoms with Crippen LogP contribution in [-0.4, -0.2) is 16.9 Å². The molecule has 5 heteroatoms. The summed E-state index contributed by atoms with van der Waals surface area (Å²) >= 11 is 3.38. The summed E-state index contributed by atoms with van der Waals surface area (Å²) in [5, 5.41) is 6.34. The van der Waals surface area contributed by atoms with Crippen LogP contribution in [0.4, 0.5) is 11.4 Å². The number of carbonyl (C=O) groups excluding carboxylic acids is 1. The second-order valence-electron chi connectivity index (χ2n) is 5.55. The highest BCUT2D eigenvalue weighted by Crippen LogP contribution is 2.22. The van der Waals surface area contributed by atoms with Crippen LogP contribution in [0.3, 0.4) is 0 Å². The van der Waals surface area contributed by atoms with Gasteiger partial charge in [0.2, 0.25) is 0 Å². The molecule has 1 aromatic carbocycles. The molecule has 1 aromatic heterocycles. The second-order valence-corrected chi connectivity index (χ2v) is 6.46. The maximum atomic E-state index is 12.3. The van der Waals surface area contributed by atoms with Crippen LogP contribution in [-0.2, 0) is 0 Å². The number of nitrogens with one attached hydrogen (secondary N) is 2. The van der Waals surface area contributed by atoms with E-state index in [1.54, 1.807) is 12.4 Å². The van der Waals surface area contributed by atoms with Gasteiger partial charge in [0.1, 0.15) is 0 Å². The minimum absolute atomic E-state index is 0.148. The van der Waals surface area contributed by atoms with Crippen LogP contribution in [0.15, 0.2) is 47.2 Å². The fraction of sp³-hybridized carbons (Fsp3) is 0.294. The fourth-order valence-corrected chi connectivity index (χ4v) is 2.95. The van der Waals surface area contributed by atoms with E-state index >= 15 is 0 Å². The molecule has 0 bridgehead atoms. The van der Waals surface area contributed by atoms with E-state index < -0.39 is 0 Å². The molecule has 114 valence electrons. The Hall–Kier alpha value is -1.88. The summed E-state index contributed by atoms with van der Waals surface area (Å²) in [4.78, 5) is 16.5. The third-order valence-electron chi connectivity index (χ3n) is 3.83. The molecule has 2 N–H and O–H groups in total. The molecular formula is C17H18BrN3O. The van der Waals surface area contributed by atoms with Crippen molar-refractivity contribution in [1.29, 1.82) is 0 Å². The number of hydrogen-bond donors (Lipinski definition) is 2. The smallest absolute Gasteiger partial charge is 0.257 e.